The highest BCUT2D eigenvalue weighted by molar-refractivity contribution is 9.13. The number of ether oxygens (including phenoxy) is 2. The number of hydrogen-bond donors (Lipinski definition) is 0. The quantitative estimate of drug-likeness (QED) is 0.614. The lowest BCUT2D eigenvalue weighted by molar-refractivity contribution is -0.145. The fourth-order valence-electron chi connectivity index (χ4n) is 1.17. The van der Waals surface area contributed by atoms with E-state index in [9.17, 15) is 4.79 Å². The number of hydrogen-bond acceptors (Lipinski definition) is 3. The molecular weight excluding hydrogens is 340 g/mol. The van der Waals surface area contributed by atoms with Crippen LogP contribution in [0.2, 0.25) is 0 Å². The zero-order valence-corrected chi connectivity index (χ0v) is 12.2. The third-order valence-electron chi connectivity index (χ3n) is 2.04. The van der Waals surface area contributed by atoms with Crippen LogP contribution in [-0.4, -0.2) is 19.2 Å². The topological polar surface area (TPSA) is 35.5 Å². The van der Waals surface area contributed by atoms with E-state index in [1.807, 2.05) is 13.0 Å². The van der Waals surface area contributed by atoms with Crippen molar-refractivity contribution >= 4 is 37.8 Å². The minimum atomic E-state index is -0.522. The Labute approximate surface area is 111 Å². The largest absolute Gasteiger partial charge is 0.423 e. The van der Waals surface area contributed by atoms with E-state index in [-0.39, 0.29) is 5.97 Å². The number of benzene rings is 1. The summed E-state index contributed by atoms with van der Waals surface area (Å²) < 4.78 is 11.8. The van der Waals surface area contributed by atoms with Gasteiger partial charge in [-0.3, -0.25) is 0 Å². The van der Waals surface area contributed by atoms with Crippen molar-refractivity contribution < 1.29 is 14.3 Å². The molecule has 1 aromatic carbocycles. The lowest BCUT2D eigenvalue weighted by atomic mass is 10.3. The number of carbonyl (C=O) groups excluding carboxylic acids is 1. The standard InChI is InChI=1S/C11H12Br2O3/c1-3-8(15-2)11(14)16-9-6-4-5-7(12)10(9)13/h4-6,8H,3H2,1-2H3. The molecule has 88 valence electrons. The Bertz CT molecular complexity index is 375. The third-order valence-corrected chi connectivity index (χ3v) is 4.06. The normalized spacial score (nSPS) is 12.2. The molecule has 0 radical (unpaired) electrons. The van der Waals surface area contributed by atoms with Crippen molar-refractivity contribution in [3.8, 4) is 5.75 Å². The van der Waals surface area contributed by atoms with Gasteiger partial charge in [0.25, 0.3) is 0 Å². The van der Waals surface area contributed by atoms with E-state index in [0.29, 0.717) is 16.6 Å². The molecule has 0 fully saturated rings. The zero-order valence-electron chi connectivity index (χ0n) is 9.00. The Morgan fingerprint density at radius 2 is 2.12 bits per heavy atom. The number of halogens is 2. The summed E-state index contributed by atoms with van der Waals surface area (Å²) in [5.41, 5.74) is 0. The second-order valence-electron chi connectivity index (χ2n) is 3.11. The fourth-order valence-corrected chi connectivity index (χ4v) is 1.86. The van der Waals surface area contributed by atoms with Gasteiger partial charge in [-0.2, -0.15) is 0 Å². The summed E-state index contributed by atoms with van der Waals surface area (Å²) in [6, 6.07) is 5.37. The Morgan fingerprint density at radius 1 is 1.44 bits per heavy atom. The molecule has 0 aliphatic rings. The second-order valence-corrected chi connectivity index (χ2v) is 4.75. The van der Waals surface area contributed by atoms with Gasteiger partial charge >= 0.3 is 5.97 Å². The monoisotopic (exact) mass is 350 g/mol. The van der Waals surface area contributed by atoms with E-state index in [4.69, 9.17) is 9.47 Å². The highest BCUT2D eigenvalue weighted by Gasteiger charge is 2.19. The summed E-state index contributed by atoms with van der Waals surface area (Å²) in [7, 11) is 1.49. The van der Waals surface area contributed by atoms with Gasteiger partial charge in [0.15, 0.2) is 6.10 Å². The summed E-state index contributed by atoms with van der Waals surface area (Å²) in [6.07, 6.45) is 0.0619. The number of rotatable bonds is 4. The molecule has 3 nitrogen and oxygen atoms in total. The van der Waals surface area contributed by atoms with Gasteiger partial charge in [0.1, 0.15) is 5.75 Å². The molecule has 16 heavy (non-hydrogen) atoms. The average molecular weight is 352 g/mol. The number of carbonyl (C=O) groups is 1. The molecule has 0 N–H and O–H groups in total. The lowest BCUT2D eigenvalue weighted by Crippen LogP contribution is -2.27. The van der Waals surface area contributed by atoms with Gasteiger partial charge in [-0.05, 0) is 50.4 Å². The van der Waals surface area contributed by atoms with Crippen molar-refractivity contribution in [3.63, 3.8) is 0 Å². The maximum absolute atomic E-state index is 11.7. The zero-order chi connectivity index (χ0) is 12.1. The van der Waals surface area contributed by atoms with Crippen molar-refractivity contribution in [1.82, 2.24) is 0 Å². The van der Waals surface area contributed by atoms with E-state index in [2.05, 4.69) is 31.9 Å². The molecule has 0 bridgehead atoms. The summed E-state index contributed by atoms with van der Waals surface area (Å²) in [6.45, 7) is 1.87. The summed E-state index contributed by atoms with van der Waals surface area (Å²) in [5.74, 6) is 0.0960. The predicted octanol–water partition coefficient (Wildman–Crippen LogP) is 3.54. The van der Waals surface area contributed by atoms with Crippen LogP contribution in [0, 0.1) is 0 Å². The van der Waals surface area contributed by atoms with Crippen LogP contribution >= 0.6 is 31.9 Å². The van der Waals surface area contributed by atoms with Crippen LogP contribution in [0.1, 0.15) is 13.3 Å². The van der Waals surface area contributed by atoms with Crippen LogP contribution in [0.15, 0.2) is 27.1 Å². The van der Waals surface area contributed by atoms with Crippen molar-refractivity contribution in [2.24, 2.45) is 0 Å². The first-order chi connectivity index (χ1) is 7.60. The van der Waals surface area contributed by atoms with Crippen molar-refractivity contribution in [2.45, 2.75) is 19.4 Å². The van der Waals surface area contributed by atoms with E-state index < -0.39 is 6.10 Å². The van der Waals surface area contributed by atoms with Gasteiger partial charge in [0.05, 0.1) is 4.47 Å². The lowest BCUT2D eigenvalue weighted by Gasteiger charge is -2.13. The first kappa shape index (κ1) is 13.7. The average Bonchev–Trinajstić information content (AvgIpc) is 2.26. The highest BCUT2D eigenvalue weighted by Crippen LogP contribution is 2.32. The predicted molar refractivity (Wildman–Crippen MR) is 68.6 cm³/mol. The molecular formula is C11H12Br2O3. The Balaban J connectivity index is 2.80. The van der Waals surface area contributed by atoms with Crippen LogP contribution in [0.5, 0.6) is 5.75 Å². The molecule has 5 heteroatoms. The molecule has 0 spiro atoms. The van der Waals surface area contributed by atoms with Crippen molar-refractivity contribution in [1.29, 1.82) is 0 Å². The van der Waals surface area contributed by atoms with Crippen LogP contribution in [-0.2, 0) is 9.53 Å². The summed E-state index contributed by atoms with van der Waals surface area (Å²) in [4.78, 5) is 11.7. The molecule has 0 aliphatic heterocycles. The van der Waals surface area contributed by atoms with Crippen LogP contribution in [0.4, 0.5) is 0 Å². The van der Waals surface area contributed by atoms with Crippen molar-refractivity contribution in [3.05, 3.63) is 27.1 Å². The van der Waals surface area contributed by atoms with Crippen LogP contribution in [0.3, 0.4) is 0 Å². The van der Waals surface area contributed by atoms with Gasteiger partial charge in [0.2, 0.25) is 0 Å². The van der Waals surface area contributed by atoms with Gasteiger partial charge in [0, 0.05) is 11.6 Å². The van der Waals surface area contributed by atoms with E-state index in [1.165, 1.54) is 7.11 Å². The van der Waals surface area contributed by atoms with E-state index in [0.717, 1.165) is 4.47 Å². The Kier molecular flexibility index (Phi) is 5.44. The van der Waals surface area contributed by atoms with Crippen LogP contribution < -0.4 is 4.74 Å². The van der Waals surface area contributed by atoms with Gasteiger partial charge in [-0.1, -0.05) is 13.0 Å². The SMILES string of the molecule is CCC(OC)C(=O)Oc1cccc(Br)c1Br. The molecule has 0 saturated heterocycles. The van der Waals surface area contributed by atoms with E-state index in [1.54, 1.807) is 12.1 Å². The molecule has 0 amide bonds. The molecule has 0 aliphatic carbocycles. The summed E-state index contributed by atoms with van der Waals surface area (Å²) in [5, 5.41) is 0. The Morgan fingerprint density at radius 3 is 2.69 bits per heavy atom. The molecule has 1 rings (SSSR count). The molecule has 1 unspecified atom stereocenters. The molecule has 1 aromatic rings. The van der Waals surface area contributed by atoms with Gasteiger partial charge in [-0.15, -0.1) is 0 Å². The first-order valence-electron chi connectivity index (χ1n) is 4.78. The molecule has 0 heterocycles. The smallest absolute Gasteiger partial charge is 0.340 e. The maximum Gasteiger partial charge on any atom is 0.340 e. The first-order valence-corrected chi connectivity index (χ1v) is 6.37. The highest BCUT2D eigenvalue weighted by atomic mass is 79.9. The maximum atomic E-state index is 11.7. The number of esters is 1. The third kappa shape index (κ3) is 3.30. The van der Waals surface area contributed by atoms with Gasteiger partial charge < -0.3 is 9.47 Å². The molecule has 0 saturated carbocycles. The number of methoxy groups -OCH3 is 1. The van der Waals surface area contributed by atoms with E-state index >= 15 is 0 Å². The van der Waals surface area contributed by atoms with Crippen molar-refractivity contribution in [2.75, 3.05) is 7.11 Å². The van der Waals surface area contributed by atoms with Crippen LogP contribution in [0.25, 0.3) is 0 Å². The van der Waals surface area contributed by atoms with Gasteiger partial charge in [-0.25, -0.2) is 4.79 Å². The minimum Gasteiger partial charge on any atom is -0.423 e. The molecule has 0 aromatic heterocycles. The second kappa shape index (κ2) is 6.37. The Hall–Kier alpha value is -0.390. The fraction of sp³-hybridized carbons (Fsp3) is 0.364. The summed E-state index contributed by atoms with van der Waals surface area (Å²) >= 11 is 6.67. The minimum absolute atomic E-state index is 0.385. The molecule has 1 atom stereocenters.